The molecular weight excluding hydrogens is 359 g/mol. The zero-order valence-electron chi connectivity index (χ0n) is 13.9. The molecule has 1 unspecified atom stereocenters. The number of ether oxygens (including phenoxy) is 1. The number of piperazine rings is 1. The first-order valence-electron chi connectivity index (χ1n) is 8.40. The van der Waals surface area contributed by atoms with Gasteiger partial charge in [0.25, 0.3) is 0 Å². The first-order valence-corrected chi connectivity index (χ1v) is 9.16. The fraction of sp³-hybridized carbons (Fsp3) is 0.368. The molecule has 1 aliphatic rings. The van der Waals surface area contributed by atoms with E-state index in [9.17, 15) is 5.11 Å². The lowest BCUT2D eigenvalue weighted by molar-refractivity contribution is 0.105. The minimum absolute atomic E-state index is 0.416. The molecule has 4 nitrogen and oxygen atoms in total. The number of aliphatic hydroxyl groups is 1. The number of rotatable bonds is 6. The monoisotopic (exact) mass is 380 g/mol. The van der Waals surface area contributed by atoms with Gasteiger partial charge in [0.2, 0.25) is 0 Å². The Morgan fingerprint density at radius 2 is 1.80 bits per heavy atom. The van der Waals surface area contributed by atoms with E-state index in [0.717, 1.165) is 31.7 Å². The van der Waals surface area contributed by atoms with Crippen molar-refractivity contribution in [2.75, 3.05) is 32.7 Å². The van der Waals surface area contributed by atoms with E-state index in [-0.39, 0.29) is 0 Å². The largest absolute Gasteiger partial charge is 0.487 e. The molecule has 2 aromatic rings. The third kappa shape index (κ3) is 5.09. The minimum Gasteiger partial charge on any atom is -0.487 e. The lowest BCUT2D eigenvalue weighted by atomic mass is 10.1. The van der Waals surface area contributed by atoms with Crippen LogP contribution in [0.5, 0.6) is 5.75 Å². The number of β-amino-alcohol motifs (C(OH)–C–C–N with tert-alkyl or cyclic N) is 1. The van der Waals surface area contributed by atoms with Crippen molar-refractivity contribution in [1.82, 2.24) is 10.2 Å². The lowest BCUT2D eigenvalue weighted by Gasteiger charge is -2.29. The highest BCUT2D eigenvalue weighted by atomic mass is 35.5. The summed E-state index contributed by atoms with van der Waals surface area (Å²) >= 11 is 12.7. The van der Waals surface area contributed by atoms with Gasteiger partial charge >= 0.3 is 0 Å². The van der Waals surface area contributed by atoms with Crippen LogP contribution in [0.15, 0.2) is 42.5 Å². The topological polar surface area (TPSA) is 44.7 Å². The molecule has 1 saturated heterocycles. The summed E-state index contributed by atoms with van der Waals surface area (Å²) < 4.78 is 5.77. The number of halogens is 2. The summed E-state index contributed by atoms with van der Waals surface area (Å²) in [5, 5.41) is 14.7. The van der Waals surface area contributed by atoms with Crippen molar-refractivity contribution in [3.63, 3.8) is 0 Å². The Morgan fingerprint density at radius 1 is 1.08 bits per heavy atom. The molecule has 0 bridgehead atoms. The molecule has 0 aliphatic carbocycles. The maximum absolute atomic E-state index is 10.5. The van der Waals surface area contributed by atoms with E-state index in [1.165, 1.54) is 0 Å². The second kappa shape index (κ2) is 8.88. The predicted octanol–water partition coefficient (Wildman–Crippen LogP) is 3.51. The van der Waals surface area contributed by atoms with Crippen LogP contribution in [-0.2, 0) is 6.61 Å². The Hall–Kier alpha value is -1.30. The number of nitrogens with zero attached hydrogens (tertiary/aromatic N) is 1. The van der Waals surface area contributed by atoms with Crippen LogP contribution < -0.4 is 10.1 Å². The molecule has 0 radical (unpaired) electrons. The number of benzene rings is 2. The predicted molar refractivity (Wildman–Crippen MR) is 102 cm³/mol. The second-order valence-corrected chi connectivity index (χ2v) is 6.96. The first-order chi connectivity index (χ1) is 12.1. The van der Waals surface area contributed by atoms with E-state index < -0.39 is 6.10 Å². The first kappa shape index (κ1) is 18.5. The van der Waals surface area contributed by atoms with Gasteiger partial charge in [0.15, 0.2) is 0 Å². The number of hydrogen-bond donors (Lipinski definition) is 2. The van der Waals surface area contributed by atoms with E-state index in [4.69, 9.17) is 27.9 Å². The second-order valence-electron chi connectivity index (χ2n) is 6.14. The van der Waals surface area contributed by atoms with Crippen LogP contribution in [-0.4, -0.2) is 42.7 Å². The van der Waals surface area contributed by atoms with Gasteiger partial charge in [0.05, 0.1) is 16.1 Å². The molecule has 0 saturated carbocycles. The van der Waals surface area contributed by atoms with Crippen molar-refractivity contribution >= 4 is 23.2 Å². The maximum Gasteiger partial charge on any atom is 0.139 e. The molecule has 1 atom stereocenters. The van der Waals surface area contributed by atoms with Gasteiger partial charge in [0.1, 0.15) is 12.4 Å². The van der Waals surface area contributed by atoms with Gasteiger partial charge < -0.3 is 15.2 Å². The van der Waals surface area contributed by atoms with E-state index in [0.29, 0.717) is 34.5 Å². The molecule has 1 aliphatic heterocycles. The van der Waals surface area contributed by atoms with Gasteiger partial charge in [-0.05, 0) is 11.6 Å². The van der Waals surface area contributed by atoms with Crippen LogP contribution in [0.3, 0.4) is 0 Å². The molecule has 25 heavy (non-hydrogen) atoms. The Balaban J connectivity index is 1.66. The van der Waals surface area contributed by atoms with Crippen molar-refractivity contribution in [3.8, 4) is 5.75 Å². The Kier molecular flexibility index (Phi) is 6.57. The smallest absolute Gasteiger partial charge is 0.139 e. The zero-order chi connectivity index (χ0) is 17.6. The quantitative estimate of drug-likeness (QED) is 0.804. The summed E-state index contributed by atoms with van der Waals surface area (Å²) in [6, 6.07) is 13.2. The van der Waals surface area contributed by atoms with Gasteiger partial charge in [-0.25, -0.2) is 0 Å². The minimum atomic E-state index is -0.675. The van der Waals surface area contributed by atoms with Crippen LogP contribution in [0.25, 0.3) is 0 Å². The number of nitrogens with one attached hydrogen (secondary N) is 1. The van der Waals surface area contributed by atoms with Crippen LogP contribution in [0.4, 0.5) is 0 Å². The maximum atomic E-state index is 10.5. The molecule has 1 heterocycles. The highest BCUT2D eigenvalue weighted by Crippen LogP contribution is 2.35. The third-order valence-electron chi connectivity index (χ3n) is 4.29. The Morgan fingerprint density at radius 3 is 2.52 bits per heavy atom. The van der Waals surface area contributed by atoms with Crippen molar-refractivity contribution in [2.24, 2.45) is 0 Å². The summed E-state index contributed by atoms with van der Waals surface area (Å²) in [7, 11) is 0. The third-order valence-corrected chi connectivity index (χ3v) is 4.91. The summed E-state index contributed by atoms with van der Waals surface area (Å²) in [5.74, 6) is 0.522. The molecule has 0 spiro atoms. The summed E-state index contributed by atoms with van der Waals surface area (Å²) in [4.78, 5) is 2.21. The zero-order valence-corrected chi connectivity index (χ0v) is 15.4. The molecule has 0 amide bonds. The van der Waals surface area contributed by atoms with Gasteiger partial charge in [-0.3, -0.25) is 4.90 Å². The Bertz CT molecular complexity index is 691. The van der Waals surface area contributed by atoms with Crippen molar-refractivity contribution in [3.05, 3.63) is 63.6 Å². The number of hydrogen-bond acceptors (Lipinski definition) is 4. The van der Waals surface area contributed by atoms with Crippen LogP contribution in [0.1, 0.15) is 17.2 Å². The summed E-state index contributed by atoms with van der Waals surface area (Å²) in [6.07, 6.45) is -0.675. The fourth-order valence-corrected chi connectivity index (χ4v) is 3.39. The van der Waals surface area contributed by atoms with Crippen LogP contribution in [0, 0.1) is 0 Å². The SMILES string of the molecule is OC(CN1CCNCC1)c1cc(Cl)c(OCc2ccccc2)cc1Cl. The molecule has 6 heteroatoms. The van der Waals surface area contributed by atoms with Crippen molar-refractivity contribution in [1.29, 1.82) is 0 Å². The molecule has 1 fully saturated rings. The van der Waals surface area contributed by atoms with E-state index in [1.807, 2.05) is 30.3 Å². The normalized spacial score (nSPS) is 16.6. The lowest BCUT2D eigenvalue weighted by Crippen LogP contribution is -2.45. The molecule has 3 rings (SSSR count). The molecule has 0 aromatic heterocycles. The molecule has 2 aromatic carbocycles. The average molecular weight is 381 g/mol. The highest BCUT2D eigenvalue weighted by molar-refractivity contribution is 6.34. The van der Waals surface area contributed by atoms with Gasteiger partial charge in [-0.1, -0.05) is 53.5 Å². The number of aliphatic hydroxyl groups excluding tert-OH is 1. The van der Waals surface area contributed by atoms with E-state index >= 15 is 0 Å². The highest BCUT2D eigenvalue weighted by Gasteiger charge is 2.19. The molecule has 2 N–H and O–H groups in total. The van der Waals surface area contributed by atoms with Crippen LogP contribution >= 0.6 is 23.2 Å². The fourth-order valence-electron chi connectivity index (χ4n) is 2.88. The average Bonchev–Trinajstić information content (AvgIpc) is 2.63. The van der Waals surface area contributed by atoms with Gasteiger partial charge in [-0.2, -0.15) is 0 Å². The van der Waals surface area contributed by atoms with Gasteiger partial charge in [0, 0.05) is 44.4 Å². The standard InChI is InChI=1S/C19H22Cl2N2O2/c20-16-11-19(25-13-14-4-2-1-3-5-14)17(21)10-15(16)18(24)12-23-8-6-22-7-9-23/h1-5,10-11,18,22,24H,6-9,12-13H2. The van der Waals surface area contributed by atoms with E-state index in [2.05, 4.69) is 10.2 Å². The summed E-state index contributed by atoms with van der Waals surface area (Å²) in [6.45, 7) is 4.67. The van der Waals surface area contributed by atoms with E-state index in [1.54, 1.807) is 12.1 Å². The molecule has 134 valence electrons. The van der Waals surface area contributed by atoms with Crippen LogP contribution in [0.2, 0.25) is 10.0 Å². The van der Waals surface area contributed by atoms with Crippen molar-refractivity contribution < 1.29 is 9.84 Å². The summed E-state index contributed by atoms with van der Waals surface area (Å²) in [5.41, 5.74) is 1.69. The Labute approximate surface area is 158 Å². The van der Waals surface area contributed by atoms with Gasteiger partial charge in [-0.15, -0.1) is 0 Å². The van der Waals surface area contributed by atoms with Crippen molar-refractivity contribution in [2.45, 2.75) is 12.7 Å². The molecular formula is C19H22Cl2N2O2.